The molecule has 0 aromatic carbocycles. The Morgan fingerprint density at radius 2 is 1.94 bits per heavy atom. The number of amides is 1. The first kappa shape index (κ1) is 17.3. The van der Waals surface area contributed by atoms with Crippen LogP contribution in [0.4, 0.5) is 0 Å². The average Bonchev–Trinajstić information content (AvgIpc) is 2.28. The van der Waals surface area contributed by atoms with Crippen LogP contribution in [-0.4, -0.2) is 42.1 Å². The summed E-state index contributed by atoms with van der Waals surface area (Å²) < 4.78 is 5.06. The molecule has 2 N–H and O–H groups in total. The summed E-state index contributed by atoms with van der Waals surface area (Å²) in [4.78, 5) is 14.6. The van der Waals surface area contributed by atoms with Crippen LogP contribution >= 0.6 is 12.2 Å². The zero-order chi connectivity index (χ0) is 14.3. The van der Waals surface area contributed by atoms with E-state index in [1.54, 1.807) is 7.11 Å². The van der Waals surface area contributed by atoms with E-state index in [0.717, 1.165) is 6.42 Å². The maximum absolute atomic E-state index is 12.5. The number of hydrogen-bond acceptors (Lipinski definition) is 3. The number of thiocarbonyl (C=S) groups is 1. The summed E-state index contributed by atoms with van der Waals surface area (Å²) in [5, 5.41) is 0. The zero-order valence-corrected chi connectivity index (χ0v) is 12.9. The van der Waals surface area contributed by atoms with E-state index >= 15 is 0 Å². The number of rotatable bonds is 8. The highest BCUT2D eigenvalue weighted by Crippen LogP contribution is 2.17. The van der Waals surface area contributed by atoms with Gasteiger partial charge >= 0.3 is 0 Å². The Morgan fingerprint density at radius 1 is 1.39 bits per heavy atom. The van der Waals surface area contributed by atoms with Gasteiger partial charge in [0.15, 0.2) is 0 Å². The lowest BCUT2D eigenvalue weighted by Gasteiger charge is -2.33. The standard InChI is InChI=1S/C13H26N2O2S/c1-6-10(4)15(7-8-17-5)13(16)11(9(2)3)12(14)18/h9-11H,6-8H2,1-5H3,(H2,14,18). The molecule has 106 valence electrons. The average molecular weight is 274 g/mol. The molecule has 5 heteroatoms. The largest absolute Gasteiger partial charge is 0.393 e. The predicted molar refractivity (Wildman–Crippen MR) is 78.5 cm³/mol. The van der Waals surface area contributed by atoms with E-state index < -0.39 is 0 Å². The van der Waals surface area contributed by atoms with Gasteiger partial charge < -0.3 is 15.4 Å². The molecule has 0 aliphatic heterocycles. The van der Waals surface area contributed by atoms with Crippen LogP contribution in [0.15, 0.2) is 0 Å². The molecule has 0 saturated carbocycles. The number of nitrogens with two attached hydrogens (primary N) is 1. The molecule has 0 heterocycles. The van der Waals surface area contributed by atoms with Crippen LogP contribution in [0.5, 0.6) is 0 Å². The predicted octanol–water partition coefficient (Wildman–Crippen LogP) is 1.82. The Morgan fingerprint density at radius 3 is 2.28 bits per heavy atom. The van der Waals surface area contributed by atoms with Crippen LogP contribution in [0.3, 0.4) is 0 Å². The third-order valence-electron chi connectivity index (χ3n) is 3.18. The van der Waals surface area contributed by atoms with Gasteiger partial charge in [0.05, 0.1) is 17.5 Å². The molecular weight excluding hydrogens is 248 g/mol. The molecule has 0 fully saturated rings. The van der Waals surface area contributed by atoms with Crippen LogP contribution in [0, 0.1) is 11.8 Å². The minimum atomic E-state index is -0.383. The molecule has 18 heavy (non-hydrogen) atoms. The topological polar surface area (TPSA) is 55.6 Å². The summed E-state index contributed by atoms with van der Waals surface area (Å²) in [5.41, 5.74) is 5.70. The molecule has 0 saturated heterocycles. The number of hydrogen-bond donors (Lipinski definition) is 1. The second-order valence-corrected chi connectivity index (χ2v) is 5.38. The summed E-state index contributed by atoms with van der Waals surface area (Å²) in [7, 11) is 1.63. The van der Waals surface area contributed by atoms with Crippen molar-refractivity contribution < 1.29 is 9.53 Å². The molecule has 0 spiro atoms. The summed E-state index contributed by atoms with van der Waals surface area (Å²) in [6.07, 6.45) is 0.900. The quantitative estimate of drug-likeness (QED) is 0.686. The van der Waals surface area contributed by atoms with Gasteiger partial charge in [0.2, 0.25) is 5.91 Å². The highest BCUT2D eigenvalue weighted by Gasteiger charge is 2.31. The Bertz CT molecular complexity index is 282. The van der Waals surface area contributed by atoms with E-state index in [0.29, 0.717) is 13.2 Å². The van der Waals surface area contributed by atoms with Crippen molar-refractivity contribution in [2.45, 2.75) is 40.2 Å². The minimum Gasteiger partial charge on any atom is -0.393 e. The van der Waals surface area contributed by atoms with Crippen molar-refractivity contribution in [3.05, 3.63) is 0 Å². The van der Waals surface area contributed by atoms with Crippen molar-refractivity contribution >= 4 is 23.1 Å². The Balaban J connectivity index is 4.96. The molecule has 0 aliphatic rings. The molecule has 0 rings (SSSR count). The number of nitrogens with zero attached hydrogens (tertiary/aromatic N) is 1. The fraction of sp³-hybridized carbons (Fsp3) is 0.846. The molecule has 4 nitrogen and oxygen atoms in total. The fourth-order valence-electron chi connectivity index (χ4n) is 1.87. The van der Waals surface area contributed by atoms with Gasteiger partial charge in [-0.3, -0.25) is 4.79 Å². The Labute approximate surface area is 116 Å². The van der Waals surface area contributed by atoms with Crippen molar-refractivity contribution in [1.29, 1.82) is 0 Å². The van der Waals surface area contributed by atoms with Crippen molar-refractivity contribution in [3.63, 3.8) is 0 Å². The molecule has 2 unspecified atom stereocenters. The molecule has 0 aromatic rings. The van der Waals surface area contributed by atoms with Gasteiger partial charge in [-0.25, -0.2) is 0 Å². The first-order valence-electron chi connectivity index (χ1n) is 6.45. The van der Waals surface area contributed by atoms with E-state index in [9.17, 15) is 4.79 Å². The summed E-state index contributed by atoms with van der Waals surface area (Å²) in [5.74, 6) is -0.251. The number of methoxy groups -OCH3 is 1. The van der Waals surface area contributed by atoms with Crippen LogP contribution in [-0.2, 0) is 9.53 Å². The van der Waals surface area contributed by atoms with E-state index in [2.05, 4.69) is 6.92 Å². The Hall–Kier alpha value is -0.680. The van der Waals surface area contributed by atoms with Crippen LogP contribution < -0.4 is 5.73 Å². The monoisotopic (exact) mass is 274 g/mol. The lowest BCUT2D eigenvalue weighted by molar-refractivity contribution is -0.137. The van der Waals surface area contributed by atoms with Gasteiger partial charge in [-0.2, -0.15) is 0 Å². The number of carbonyl (C=O) groups excluding carboxylic acids is 1. The minimum absolute atomic E-state index is 0.0175. The van der Waals surface area contributed by atoms with E-state index in [1.165, 1.54) is 0 Å². The van der Waals surface area contributed by atoms with Gasteiger partial charge in [0, 0.05) is 19.7 Å². The SMILES string of the molecule is CCC(C)N(CCOC)C(=O)C(C(N)=S)C(C)C. The molecule has 2 atom stereocenters. The van der Waals surface area contributed by atoms with E-state index in [4.69, 9.17) is 22.7 Å². The van der Waals surface area contributed by atoms with Gasteiger partial charge in [-0.1, -0.05) is 33.0 Å². The third-order valence-corrected chi connectivity index (χ3v) is 3.44. The van der Waals surface area contributed by atoms with Gasteiger partial charge in [0.25, 0.3) is 0 Å². The highest BCUT2D eigenvalue weighted by molar-refractivity contribution is 7.80. The maximum Gasteiger partial charge on any atom is 0.233 e. The van der Waals surface area contributed by atoms with Crippen LogP contribution in [0.2, 0.25) is 0 Å². The van der Waals surface area contributed by atoms with Crippen LogP contribution in [0.1, 0.15) is 34.1 Å². The summed E-state index contributed by atoms with van der Waals surface area (Å²) in [6.45, 7) is 9.13. The zero-order valence-electron chi connectivity index (χ0n) is 12.1. The van der Waals surface area contributed by atoms with Crippen LogP contribution in [0.25, 0.3) is 0 Å². The smallest absolute Gasteiger partial charge is 0.233 e. The second-order valence-electron chi connectivity index (χ2n) is 4.91. The molecule has 0 aromatic heterocycles. The highest BCUT2D eigenvalue weighted by atomic mass is 32.1. The van der Waals surface area contributed by atoms with Gasteiger partial charge in [-0.05, 0) is 19.3 Å². The number of carbonyl (C=O) groups is 1. The summed E-state index contributed by atoms with van der Waals surface area (Å²) >= 11 is 5.02. The molecule has 0 bridgehead atoms. The lowest BCUT2D eigenvalue weighted by Crippen LogP contribution is -2.48. The Kier molecular flexibility index (Phi) is 8.11. The molecule has 0 aliphatic carbocycles. The van der Waals surface area contributed by atoms with Crippen molar-refractivity contribution in [1.82, 2.24) is 4.90 Å². The molecule has 0 radical (unpaired) electrons. The van der Waals surface area contributed by atoms with E-state index in [-0.39, 0.29) is 28.8 Å². The first-order valence-corrected chi connectivity index (χ1v) is 6.86. The maximum atomic E-state index is 12.5. The molecule has 1 amide bonds. The van der Waals surface area contributed by atoms with Crippen molar-refractivity contribution in [2.24, 2.45) is 17.6 Å². The van der Waals surface area contributed by atoms with Crippen molar-refractivity contribution in [3.8, 4) is 0 Å². The first-order chi connectivity index (χ1) is 8.36. The lowest BCUT2D eigenvalue weighted by atomic mass is 9.93. The normalized spacial score (nSPS) is 14.3. The molecular formula is C13H26N2O2S. The third kappa shape index (κ3) is 4.90. The second kappa shape index (κ2) is 8.43. The van der Waals surface area contributed by atoms with Gasteiger partial charge in [-0.15, -0.1) is 0 Å². The number of ether oxygens (including phenoxy) is 1. The van der Waals surface area contributed by atoms with E-state index in [1.807, 2.05) is 25.7 Å². The van der Waals surface area contributed by atoms with Crippen molar-refractivity contribution in [2.75, 3.05) is 20.3 Å². The fourth-order valence-corrected chi connectivity index (χ4v) is 2.24. The summed E-state index contributed by atoms with van der Waals surface area (Å²) in [6, 6.07) is 0.170. The van der Waals surface area contributed by atoms with Gasteiger partial charge in [0.1, 0.15) is 0 Å².